The summed E-state index contributed by atoms with van der Waals surface area (Å²) in [5.74, 6) is -1.72. The van der Waals surface area contributed by atoms with Crippen LogP contribution in [0.1, 0.15) is 24.2 Å². The third-order valence-corrected chi connectivity index (χ3v) is 4.22. The van der Waals surface area contributed by atoms with E-state index in [1.807, 2.05) is 5.32 Å². The molecule has 8 nitrogen and oxygen atoms in total. The van der Waals surface area contributed by atoms with Crippen LogP contribution in [0, 0.1) is 0 Å². The van der Waals surface area contributed by atoms with Crippen molar-refractivity contribution < 1.29 is 23.9 Å². The summed E-state index contributed by atoms with van der Waals surface area (Å²) in [5.41, 5.74) is 5.51. The van der Waals surface area contributed by atoms with Crippen molar-refractivity contribution in [3.8, 4) is 0 Å². The van der Waals surface area contributed by atoms with Gasteiger partial charge in [-0.2, -0.15) is 0 Å². The first-order chi connectivity index (χ1) is 10.8. The van der Waals surface area contributed by atoms with Crippen molar-refractivity contribution >= 4 is 41.3 Å². The normalized spacial score (nSPS) is 17.5. The van der Waals surface area contributed by atoms with Crippen LogP contribution in [0.4, 0.5) is 10.5 Å². The Balaban J connectivity index is 2.09. The lowest BCUT2D eigenvalue weighted by atomic mass is 10.2. The van der Waals surface area contributed by atoms with Crippen molar-refractivity contribution in [3.05, 3.63) is 23.8 Å². The Bertz CT molecular complexity index is 691. The summed E-state index contributed by atoms with van der Waals surface area (Å²) in [4.78, 5) is 46.6. The van der Waals surface area contributed by atoms with E-state index >= 15 is 0 Å². The molecule has 0 aromatic heterocycles. The third-order valence-electron chi connectivity index (χ3n) is 3.05. The maximum atomic E-state index is 12.0. The lowest BCUT2D eigenvalue weighted by Crippen LogP contribution is -2.42. The number of amides is 4. The standard InChI is InChI=1S/C14H15N3O5S/c1-6(11(18)17-14(15)21)22-13(20)8-3-4-10-9(5-8)16-12(19)7(2)23-10/h3-7H,1-2H3,(H,16,19)(H3,15,17,18,21). The number of urea groups is 1. The molecule has 2 unspecified atom stereocenters. The highest BCUT2D eigenvalue weighted by atomic mass is 32.2. The molecule has 1 aromatic rings. The summed E-state index contributed by atoms with van der Waals surface area (Å²) in [6, 6.07) is 3.69. The fourth-order valence-electron chi connectivity index (χ4n) is 1.84. The molecule has 23 heavy (non-hydrogen) atoms. The average Bonchev–Trinajstić information content (AvgIpc) is 2.47. The Labute approximate surface area is 136 Å². The molecule has 122 valence electrons. The zero-order valence-electron chi connectivity index (χ0n) is 12.4. The van der Waals surface area contributed by atoms with Crippen LogP contribution in [0.3, 0.4) is 0 Å². The van der Waals surface area contributed by atoms with Gasteiger partial charge in [0.25, 0.3) is 5.91 Å². The third kappa shape index (κ3) is 4.01. The second-order valence-corrected chi connectivity index (χ2v) is 6.24. The fourth-order valence-corrected chi connectivity index (χ4v) is 2.77. The largest absolute Gasteiger partial charge is 0.449 e. The molecule has 0 saturated heterocycles. The maximum Gasteiger partial charge on any atom is 0.338 e. The molecule has 1 aliphatic rings. The van der Waals surface area contributed by atoms with Crippen molar-refractivity contribution in [2.75, 3.05) is 5.32 Å². The zero-order valence-corrected chi connectivity index (χ0v) is 13.2. The first kappa shape index (κ1) is 16.8. The molecule has 9 heteroatoms. The first-order valence-corrected chi connectivity index (χ1v) is 7.58. The van der Waals surface area contributed by atoms with Gasteiger partial charge in [0.15, 0.2) is 6.10 Å². The number of nitrogens with one attached hydrogen (secondary N) is 2. The Morgan fingerprint density at radius 2 is 2.09 bits per heavy atom. The zero-order chi connectivity index (χ0) is 17.1. The van der Waals surface area contributed by atoms with Crippen LogP contribution in [0.25, 0.3) is 0 Å². The van der Waals surface area contributed by atoms with Crippen LogP contribution in [-0.4, -0.2) is 35.2 Å². The van der Waals surface area contributed by atoms with Crippen LogP contribution in [0.15, 0.2) is 23.1 Å². The van der Waals surface area contributed by atoms with Gasteiger partial charge in [0.2, 0.25) is 5.91 Å². The molecule has 0 aliphatic carbocycles. The van der Waals surface area contributed by atoms with Gasteiger partial charge >= 0.3 is 12.0 Å². The summed E-state index contributed by atoms with van der Waals surface area (Å²) in [6.45, 7) is 3.10. The van der Waals surface area contributed by atoms with E-state index < -0.39 is 24.0 Å². The number of imide groups is 1. The minimum absolute atomic E-state index is 0.151. The molecule has 1 heterocycles. The Hall–Kier alpha value is -2.55. The number of hydrogen-bond donors (Lipinski definition) is 3. The SMILES string of the molecule is CC(OC(=O)c1ccc2c(c1)NC(=O)C(C)S2)C(=O)NC(N)=O. The monoisotopic (exact) mass is 337 g/mol. The van der Waals surface area contributed by atoms with Gasteiger partial charge in [0, 0.05) is 4.90 Å². The van der Waals surface area contributed by atoms with Gasteiger partial charge < -0.3 is 15.8 Å². The van der Waals surface area contributed by atoms with E-state index in [0.717, 1.165) is 4.90 Å². The molecule has 0 fully saturated rings. The molecule has 0 radical (unpaired) electrons. The van der Waals surface area contributed by atoms with Crippen LogP contribution >= 0.6 is 11.8 Å². The van der Waals surface area contributed by atoms with Crippen molar-refractivity contribution in [2.45, 2.75) is 30.1 Å². The average molecular weight is 337 g/mol. The number of rotatable bonds is 3. The Morgan fingerprint density at radius 1 is 1.39 bits per heavy atom. The number of benzene rings is 1. The molecular weight excluding hydrogens is 322 g/mol. The van der Waals surface area contributed by atoms with Crippen molar-refractivity contribution in [3.63, 3.8) is 0 Å². The van der Waals surface area contributed by atoms with Crippen LogP contribution < -0.4 is 16.4 Å². The Morgan fingerprint density at radius 3 is 2.74 bits per heavy atom. The first-order valence-electron chi connectivity index (χ1n) is 6.70. The number of esters is 1. The lowest BCUT2D eigenvalue weighted by molar-refractivity contribution is -0.127. The number of nitrogens with two attached hydrogens (primary N) is 1. The molecule has 4 N–H and O–H groups in total. The molecule has 0 bridgehead atoms. The van der Waals surface area contributed by atoms with E-state index in [1.165, 1.54) is 30.8 Å². The van der Waals surface area contributed by atoms with E-state index in [9.17, 15) is 19.2 Å². The molecular formula is C14H15N3O5S. The summed E-state index contributed by atoms with van der Waals surface area (Å²) in [6.07, 6.45) is -1.19. The second-order valence-electron chi connectivity index (χ2n) is 4.86. The fraction of sp³-hybridized carbons (Fsp3) is 0.286. The van der Waals surface area contributed by atoms with Gasteiger partial charge in [-0.05, 0) is 32.0 Å². The predicted molar refractivity (Wildman–Crippen MR) is 83.0 cm³/mol. The van der Waals surface area contributed by atoms with E-state index in [0.29, 0.717) is 5.69 Å². The number of anilines is 1. The maximum absolute atomic E-state index is 12.0. The van der Waals surface area contributed by atoms with E-state index in [4.69, 9.17) is 10.5 Å². The number of ether oxygens (including phenoxy) is 1. The number of carbonyl (C=O) groups excluding carboxylic acids is 4. The highest BCUT2D eigenvalue weighted by Crippen LogP contribution is 2.36. The summed E-state index contributed by atoms with van der Waals surface area (Å²) < 4.78 is 4.96. The van der Waals surface area contributed by atoms with Gasteiger partial charge in [-0.1, -0.05) is 0 Å². The summed E-state index contributed by atoms with van der Waals surface area (Å²) >= 11 is 1.39. The molecule has 4 amide bonds. The van der Waals surface area contributed by atoms with Crippen LogP contribution in [0.5, 0.6) is 0 Å². The number of hydrogen-bond acceptors (Lipinski definition) is 6. The van der Waals surface area contributed by atoms with Crippen molar-refractivity contribution in [2.24, 2.45) is 5.73 Å². The quantitative estimate of drug-likeness (QED) is 0.702. The van der Waals surface area contributed by atoms with Gasteiger partial charge in [-0.25, -0.2) is 9.59 Å². The van der Waals surface area contributed by atoms with E-state index in [-0.39, 0.29) is 16.7 Å². The van der Waals surface area contributed by atoms with Crippen LogP contribution in [-0.2, 0) is 14.3 Å². The second kappa shape index (κ2) is 6.69. The Kier molecular flexibility index (Phi) is 4.89. The highest BCUT2D eigenvalue weighted by Gasteiger charge is 2.25. The van der Waals surface area contributed by atoms with Gasteiger partial charge in [-0.3, -0.25) is 14.9 Å². The summed E-state index contributed by atoms with van der Waals surface area (Å²) in [5, 5.41) is 4.31. The summed E-state index contributed by atoms with van der Waals surface area (Å²) in [7, 11) is 0. The molecule has 2 atom stereocenters. The molecule has 0 saturated carbocycles. The topological polar surface area (TPSA) is 128 Å². The van der Waals surface area contributed by atoms with Crippen molar-refractivity contribution in [1.82, 2.24) is 5.32 Å². The lowest BCUT2D eigenvalue weighted by Gasteiger charge is -2.21. The smallest absolute Gasteiger partial charge is 0.338 e. The number of fused-ring (bicyclic) bond motifs is 1. The van der Waals surface area contributed by atoms with E-state index in [2.05, 4.69) is 5.32 Å². The molecule has 1 aliphatic heterocycles. The van der Waals surface area contributed by atoms with Crippen molar-refractivity contribution in [1.29, 1.82) is 0 Å². The predicted octanol–water partition coefficient (Wildman–Crippen LogP) is 0.860. The highest BCUT2D eigenvalue weighted by molar-refractivity contribution is 8.00. The molecule has 2 rings (SSSR count). The number of carbonyl (C=O) groups is 4. The van der Waals surface area contributed by atoms with Crippen LogP contribution in [0.2, 0.25) is 0 Å². The molecule has 1 aromatic carbocycles. The van der Waals surface area contributed by atoms with Gasteiger partial charge in [0.05, 0.1) is 16.5 Å². The van der Waals surface area contributed by atoms with Gasteiger partial charge in [-0.15, -0.1) is 11.8 Å². The molecule has 0 spiro atoms. The minimum atomic E-state index is -1.19. The minimum Gasteiger partial charge on any atom is -0.449 e. The van der Waals surface area contributed by atoms with Gasteiger partial charge in [0.1, 0.15) is 0 Å². The number of thioether (sulfide) groups is 1. The van der Waals surface area contributed by atoms with E-state index in [1.54, 1.807) is 13.0 Å². The number of primary amides is 1.